The third-order valence-corrected chi connectivity index (χ3v) is 11.7. The highest BCUT2D eigenvalue weighted by atomic mass is 28.4. The van der Waals surface area contributed by atoms with Crippen LogP contribution in [0, 0.1) is 29.1 Å². The van der Waals surface area contributed by atoms with E-state index in [4.69, 9.17) is 4.43 Å². The molecule has 4 atom stereocenters. The molecule has 2 nitrogen and oxygen atoms in total. The fourth-order valence-corrected chi connectivity index (χ4v) is 4.94. The summed E-state index contributed by atoms with van der Waals surface area (Å²) >= 11 is 0. The Hall–Kier alpha value is -0.123. The van der Waals surface area contributed by atoms with Gasteiger partial charge in [-0.1, -0.05) is 74.8 Å². The van der Waals surface area contributed by atoms with E-state index in [0.29, 0.717) is 24.4 Å². The summed E-state index contributed by atoms with van der Waals surface area (Å²) in [6.45, 7) is 25.8. The molecule has 3 heteroatoms. The molecule has 0 aromatic rings. The van der Waals surface area contributed by atoms with Crippen LogP contribution in [-0.4, -0.2) is 26.1 Å². The van der Waals surface area contributed by atoms with Gasteiger partial charge in [-0.3, -0.25) is 0 Å². The van der Waals surface area contributed by atoms with Crippen LogP contribution >= 0.6 is 0 Å². The van der Waals surface area contributed by atoms with Crippen molar-refractivity contribution in [3.8, 4) is 0 Å². The van der Waals surface area contributed by atoms with Gasteiger partial charge in [0.1, 0.15) is 0 Å². The monoisotopic (exact) mass is 396 g/mol. The van der Waals surface area contributed by atoms with Crippen LogP contribution in [0.3, 0.4) is 0 Å². The predicted molar refractivity (Wildman–Crippen MR) is 122 cm³/mol. The SMILES string of the molecule is CC(C)[C@@H]1CC[C@@H](C)C[C@H]1[C@H](O)/C=C(\CO[Si](C)(C)C(C)(C)C)C(C)(C)C. The van der Waals surface area contributed by atoms with Crippen LogP contribution < -0.4 is 0 Å². The van der Waals surface area contributed by atoms with Crippen molar-refractivity contribution in [3.63, 3.8) is 0 Å². The average molecular weight is 397 g/mol. The minimum absolute atomic E-state index is 0.0109. The van der Waals surface area contributed by atoms with Crippen molar-refractivity contribution in [2.45, 2.75) is 106 Å². The molecular weight excluding hydrogens is 348 g/mol. The van der Waals surface area contributed by atoms with Crippen molar-refractivity contribution < 1.29 is 9.53 Å². The Balaban J connectivity index is 3.03. The fourth-order valence-electron chi connectivity index (χ4n) is 3.99. The molecule has 0 radical (unpaired) electrons. The molecule has 160 valence electrons. The first kappa shape index (κ1) is 24.9. The summed E-state index contributed by atoms with van der Waals surface area (Å²) in [5, 5.41) is 11.4. The molecule has 1 rings (SSSR count). The Labute approximate surface area is 171 Å². The van der Waals surface area contributed by atoms with Gasteiger partial charge in [0.2, 0.25) is 0 Å². The number of aliphatic hydroxyl groups excluding tert-OH is 1. The number of hydrogen-bond acceptors (Lipinski definition) is 2. The second-order valence-electron chi connectivity index (χ2n) is 12.0. The topological polar surface area (TPSA) is 29.5 Å². The van der Waals surface area contributed by atoms with E-state index in [-0.39, 0.29) is 16.6 Å². The highest BCUT2D eigenvalue weighted by molar-refractivity contribution is 6.74. The van der Waals surface area contributed by atoms with Crippen LogP contribution in [0.25, 0.3) is 0 Å². The van der Waals surface area contributed by atoms with Crippen molar-refractivity contribution in [1.29, 1.82) is 0 Å². The van der Waals surface area contributed by atoms with E-state index in [2.05, 4.69) is 81.5 Å². The zero-order valence-electron chi connectivity index (χ0n) is 20.1. The van der Waals surface area contributed by atoms with Gasteiger partial charge in [-0.25, -0.2) is 0 Å². The lowest BCUT2D eigenvalue weighted by Gasteiger charge is -2.40. The molecule has 0 heterocycles. The van der Waals surface area contributed by atoms with Crippen LogP contribution in [0.2, 0.25) is 18.1 Å². The van der Waals surface area contributed by atoms with Crippen LogP contribution in [0.15, 0.2) is 11.6 Å². The molecule has 0 aromatic heterocycles. The van der Waals surface area contributed by atoms with E-state index in [0.717, 1.165) is 12.3 Å². The summed E-state index contributed by atoms with van der Waals surface area (Å²) in [5.41, 5.74) is 1.26. The second-order valence-corrected chi connectivity index (χ2v) is 16.8. The first-order chi connectivity index (χ1) is 12.1. The molecule has 1 N–H and O–H groups in total. The Morgan fingerprint density at radius 3 is 2.07 bits per heavy atom. The lowest BCUT2D eigenvalue weighted by molar-refractivity contribution is 0.0413. The largest absolute Gasteiger partial charge is 0.413 e. The Bertz CT molecular complexity index is 493. The quantitative estimate of drug-likeness (QED) is 0.385. The molecule has 1 saturated carbocycles. The van der Waals surface area contributed by atoms with Crippen molar-refractivity contribution in [2.24, 2.45) is 29.1 Å². The van der Waals surface area contributed by atoms with Gasteiger partial charge in [-0.15, -0.1) is 0 Å². The van der Waals surface area contributed by atoms with Gasteiger partial charge < -0.3 is 9.53 Å². The second kappa shape index (κ2) is 9.13. The number of aliphatic hydroxyl groups is 1. The zero-order chi connectivity index (χ0) is 21.2. The van der Waals surface area contributed by atoms with Crippen LogP contribution in [-0.2, 0) is 4.43 Å². The summed E-state index contributed by atoms with van der Waals surface area (Å²) in [4.78, 5) is 0. The van der Waals surface area contributed by atoms with E-state index in [1.54, 1.807) is 0 Å². The van der Waals surface area contributed by atoms with E-state index >= 15 is 0 Å². The standard InChI is InChI=1S/C24H48O2Si/c1-17(2)20-13-12-18(3)14-21(20)22(25)15-19(23(4,5)6)16-26-27(10,11)24(7,8)9/h15,17-18,20-22,25H,12-14,16H2,1-11H3/b19-15+/t18-,20+,21-,22-/m1/s1. The number of hydrogen-bond donors (Lipinski definition) is 1. The predicted octanol–water partition coefficient (Wildman–Crippen LogP) is 7.05. The molecule has 0 unspecified atom stereocenters. The molecule has 0 saturated heterocycles. The Kier molecular flexibility index (Phi) is 8.43. The molecule has 1 aliphatic rings. The van der Waals surface area contributed by atoms with Gasteiger partial charge in [0, 0.05) is 0 Å². The van der Waals surface area contributed by atoms with E-state index < -0.39 is 8.32 Å². The molecule has 27 heavy (non-hydrogen) atoms. The van der Waals surface area contributed by atoms with Gasteiger partial charge in [0.05, 0.1) is 12.7 Å². The lowest BCUT2D eigenvalue weighted by atomic mass is 9.67. The van der Waals surface area contributed by atoms with Gasteiger partial charge in [0.25, 0.3) is 0 Å². The molecule has 0 aliphatic heterocycles. The van der Waals surface area contributed by atoms with Crippen molar-refractivity contribution in [1.82, 2.24) is 0 Å². The van der Waals surface area contributed by atoms with Crippen LogP contribution in [0.4, 0.5) is 0 Å². The zero-order valence-corrected chi connectivity index (χ0v) is 21.1. The van der Waals surface area contributed by atoms with E-state index in [1.807, 2.05) is 0 Å². The summed E-state index contributed by atoms with van der Waals surface area (Å²) in [5.74, 6) is 2.34. The van der Waals surface area contributed by atoms with Gasteiger partial charge in [-0.2, -0.15) is 0 Å². The smallest absolute Gasteiger partial charge is 0.192 e. The van der Waals surface area contributed by atoms with Crippen molar-refractivity contribution in [3.05, 3.63) is 11.6 Å². The maximum atomic E-state index is 11.2. The van der Waals surface area contributed by atoms with E-state index in [9.17, 15) is 5.11 Å². The summed E-state index contributed by atoms with van der Waals surface area (Å²) < 4.78 is 6.53. The van der Waals surface area contributed by atoms with Crippen LogP contribution in [0.1, 0.15) is 81.6 Å². The van der Waals surface area contributed by atoms with Crippen molar-refractivity contribution in [2.75, 3.05) is 6.61 Å². The summed E-state index contributed by atoms with van der Waals surface area (Å²) in [6, 6.07) is 0. The molecule has 1 aliphatic carbocycles. The molecule has 1 fully saturated rings. The van der Waals surface area contributed by atoms with Crippen LogP contribution in [0.5, 0.6) is 0 Å². The van der Waals surface area contributed by atoms with Gasteiger partial charge >= 0.3 is 0 Å². The molecule has 0 aromatic carbocycles. The Morgan fingerprint density at radius 1 is 1.07 bits per heavy atom. The highest BCUT2D eigenvalue weighted by Gasteiger charge is 2.38. The first-order valence-electron chi connectivity index (χ1n) is 11.1. The highest BCUT2D eigenvalue weighted by Crippen LogP contribution is 2.41. The van der Waals surface area contributed by atoms with E-state index in [1.165, 1.54) is 18.4 Å². The maximum absolute atomic E-state index is 11.2. The molecular formula is C24H48O2Si. The normalized spacial score (nSPS) is 27.1. The minimum atomic E-state index is -1.80. The third kappa shape index (κ3) is 7.01. The summed E-state index contributed by atoms with van der Waals surface area (Å²) in [7, 11) is -1.80. The average Bonchev–Trinajstić information content (AvgIpc) is 2.48. The minimum Gasteiger partial charge on any atom is -0.413 e. The first-order valence-corrected chi connectivity index (χ1v) is 14.0. The number of rotatable bonds is 6. The molecule has 0 spiro atoms. The van der Waals surface area contributed by atoms with Gasteiger partial charge in [-0.05, 0) is 65.6 Å². The molecule has 0 bridgehead atoms. The maximum Gasteiger partial charge on any atom is 0.192 e. The molecule has 0 amide bonds. The third-order valence-electron chi connectivity index (χ3n) is 7.24. The lowest BCUT2D eigenvalue weighted by Crippen LogP contribution is -2.42. The summed E-state index contributed by atoms with van der Waals surface area (Å²) in [6.07, 6.45) is 5.49. The van der Waals surface area contributed by atoms with Crippen molar-refractivity contribution >= 4 is 8.32 Å². The Morgan fingerprint density at radius 2 is 1.63 bits per heavy atom. The van der Waals surface area contributed by atoms with Gasteiger partial charge in [0.15, 0.2) is 8.32 Å². The fraction of sp³-hybridized carbons (Fsp3) is 0.917.